The Bertz CT molecular complexity index is 765. The fourth-order valence-corrected chi connectivity index (χ4v) is 2.15. The van der Waals surface area contributed by atoms with E-state index in [4.69, 9.17) is 9.47 Å². The lowest BCUT2D eigenvalue weighted by atomic mass is 10.2. The minimum absolute atomic E-state index is 0.0158. The molecule has 0 aromatic heterocycles. The third-order valence-corrected chi connectivity index (χ3v) is 3.50. The fourth-order valence-electron chi connectivity index (χ4n) is 2.15. The van der Waals surface area contributed by atoms with Crippen molar-refractivity contribution in [3.8, 4) is 11.5 Å². The molecule has 0 aliphatic heterocycles. The lowest BCUT2D eigenvalue weighted by Crippen LogP contribution is -2.37. The van der Waals surface area contributed by atoms with Crippen molar-refractivity contribution in [1.82, 2.24) is 5.32 Å². The van der Waals surface area contributed by atoms with E-state index in [1.54, 1.807) is 18.2 Å². The van der Waals surface area contributed by atoms with Crippen molar-refractivity contribution in [1.29, 1.82) is 0 Å². The predicted octanol–water partition coefficient (Wildman–Crippen LogP) is 2.95. The third-order valence-electron chi connectivity index (χ3n) is 3.50. The molecule has 8 heteroatoms. The minimum atomic E-state index is -4.47. The second-order valence-electron chi connectivity index (χ2n) is 5.90. The Balaban J connectivity index is 1.71. The Morgan fingerprint density at radius 3 is 2.44 bits per heavy atom. The maximum absolute atomic E-state index is 12.6. The number of amides is 1. The van der Waals surface area contributed by atoms with Crippen LogP contribution in [0.4, 0.5) is 13.2 Å². The highest BCUT2D eigenvalue weighted by atomic mass is 19.4. The highest BCUT2D eigenvalue weighted by molar-refractivity contribution is 5.77. The number of ether oxygens (including phenoxy) is 2. The van der Waals surface area contributed by atoms with Gasteiger partial charge in [0.1, 0.15) is 24.2 Å². The van der Waals surface area contributed by atoms with Gasteiger partial charge in [-0.2, -0.15) is 13.2 Å². The van der Waals surface area contributed by atoms with Gasteiger partial charge in [0, 0.05) is 6.54 Å². The van der Waals surface area contributed by atoms with Crippen LogP contribution >= 0.6 is 0 Å². The fraction of sp³-hybridized carbons (Fsp3) is 0.316. The molecule has 0 aliphatic carbocycles. The van der Waals surface area contributed by atoms with Crippen molar-refractivity contribution in [3.63, 3.8) is 0 Å². The Kier molecular flexibility index (Phi) is 7.06. The van der Waals surface area contributed by atoms with Crippen LogP contribution in [0, 0.1) is 6.92 Å². The third kappa shape index (κ3) is 7.18. The zero-order valence-electron chi connectivity index (χ0n) is 14.6. The molecule has 0 saturated carbocycles. The molecule has 1 atom stereocenters. The maximum atomic E-state index is 12.6. The summed E-state index contributed by atoms with van der Waals surface area (Å²) in [6, 6.07) is 11.6. The number of halogens is 3. The second kappa shape index (κ2) is 9.27. The number of aliphatic hydroxyl groups excluding tert-OH is 1. The van der Waals surface area contributed by atoms with Crippen LogP contribution in [0.25, 0.3) is 0 Å². The Morgan fingerprint density at radius 2 is 1.78 bits per heavy atom. The first kappa shape index (κ1) is 20.6. The molecule has 2 rings (SSSR count). The van der Waals surface area contributed by atoms with E-state index in [0.29, 0.717) is 5.75 Å². The number of nitrogens with one attached hydrogen (secondary N) is 1. The molecule has 5 nitrogen and oxygen atoms in total. The van der Waals surface area contributed by atoms with Gasteiger partial charge in [-0.05, 0) is 42.8 Å². The molecule has 0 aliphatic rings. The lowest BCUT2D eigenvalue weighted by molar-refractivity contribution is -0.137. The summed E-state index contributed by atoms with van der Waals surface area (Å²) in [5.41, 5.74) is 0.158. The van der Waals surface area contributed by atoms with Crippen molar-refractivity contribution in [3.05, 3.63) is 59.7 Å². The van der Waals surface area contributed by atoms with Crippen LogP contribution in [0.15, 0.2) is 48.5 Å². The van der Waals surface area contributed by atoms with Crippen molar-refractivity contribution < 1.29 is 32.5 Å². The molecule has 0 heterocycles. The van der Waals surface area contributed by atoms with Gasteiger partial charge in [-0.15, -0.1) is 0 Å². The minimum Gasteiger partial charge on any atom is -0.491 e. The molecule has 2 aromatic carbocycles. The standard InChI is InChI=1S/C19H20F3NO4/c1-13-4-2-6-16(8-13)27-12-18(25)23-10-15(24)11-26-17-7-3-5-14(9-17)19(20,21)22/h2-9,15,24H,10-12H2,1H3,(H,23,25). The van der Waals surface area contributed by atoms with E-state index in [2.05, 4.69) is 5.32 Å². The summed E-state index contributed by atoms with van der Waals surface area (Å²) in [6.45, 7) is 1.30. The van der Waals surface area contributed by atoms with Crippen LogP contribution in [0.5, 0.6) is 11.5 Å². The predicted molar refractivity (Wildman–Crippen MR) is 92.6 cm³/mol. The van der Waals surface area contributed by atoms with Crippen LogP contribution in [-0.2, 0) is 11.0 Å². The van der Waals surface area contributed by atoms with Crippen LogP contribution in [0.3, 0.4) is 0 Å². The van der Waals surface area contributed by atoms with Gasteiger partial charge in [-0.3, -0.25) is 4.79 Å². The van der Waals surface area contributed by atoms with Crippen molar-refractivity contribution >= 4 is 5.91 Å². The van der Waals surface area contributed by atoms with E-state index in [-0.39, 0.29) is 25.5 Å². The summed E-state index contributed by atoms with van der Waals surface area (Å²) in [6.07, 6.45) is -5.55. The van der Waals surface area contributed by atoms with Crippen molar-refractivity contribution in [2.24, 2.45) is 0 Å². The topological polar surface area (TPSA) is 67.8 Å². The first-order valence-corrected chi connectivity index (χ1v) is 8.18. The van der Waals surface area contributed by atoms with Crippen LogP contribution in [0.2, 0.25) is 0 Å². The molecule has 2 N–H and O–H groups in total. The number of carbonyl (C=O) groups excluding carboxylic acids is 1. The summed E-state index contributed by atoms with van der Waals surface area (Å²) >= 11 is 0. The molecule has 0 spiro atoms. The van der Waals surface area contributed by atoms with E-state index in [1.807, 2.05) is 13.0 Å². The molecule has 0 radical (unpaired) electrons. The maximum Gasteiger partial charge on any atom is 0.416 e. The average Bonchev–Trinajstić information content (AvgIpc) is 2.62. The highest BCUT2D eigenvalue weighted by Gasteiger charge is 2.30. The molecule has 146 valence electrons. The SMILES string of the molecule is Cc1cccc(OCC(=O)NCC(O)COc2cccc(C(F)(F)F)c2)c1. The Hall–Kier alpha value is -2.74. The lowest BCUT2D eigenvalue weighted by Gasteiger charge is -2.14. The Labute approximate surface area is 154 Å². The number of rotatable bonds is 8. The van der Waals surface area contributed by atoms with Crippen LogP contribution in [0.1, 0.15) is 11.1 Å². The molecule has 1 amide bonds. The molecule has 27 heavy (non-hydrogen) atoms. The van der Waals surface area contributed by atoms with E-state index in [9.17, 15) is 23.1 Å². The van der Waals surface area contributed by atoms with Gasteiger partial charge < -0.3 is 19.9 Å². The number of hydrogen-bond donors (Lipinski definition) is 2. The molecular weight excluding hydrogens is 363 g/mol. The summed E-state index contributed by atoms with van der Waals surface area (Å²) in [4.78, 5) is 11.7. The van der Waals surface area contributed by atoms with E-state index >= 15 is 0 Å². The quantitative estimate of drug-likeness (QED) is 0.736. The molecule has 0 fully saturated rings. The number of carbonyl (C=O) groups is 1. The van der Waals surface area contributed by atoms with Crippen molar-refractivity contribution in [2.75, 3.05) is 19.8 Å². The summed E-state index contributed by atoms with van der Waals surface area (Å²) in [7, 11) is 0. The number of alkyl halides is 3. The number of aryl methyl sites for hydroxylation is 1. The van der Waals surface area contributed by atoms with Gasteiger partial charge in [0.2, 0.25) is 0 Å². The molecule has 0 saturated heterocycles. The molecule has 0 bridgehead atoms. The second-order valence-corrected chi connectivity index (χ2v) is 5.90. The van der Waals surface area contributed by atoms with E-state index in [0.717, 1.165) is 17.7 Å². The van der Waals surface area contributed by atoms with Gasteiger partial charge in [0.05, 0.1) is 5.56 Å². The van der Waals surface area contributed by atoms with E-state index in [1.165, 1.54) is 12.1 Å². The summed E-state index contributed by atoms with van der Waals surface area (Å²) in [5.74, 6) is 0.103. The molecule has 2 aromatic rings. The zero-order chi connectivity index (χ0) is 19.9. The van der Waals surface area contributed by atoms with Gasteiger partial charge in [0.15, 0.2) is 6.61 Å². The van der Waals surface area contributed by atoms with Crippen LogP contribution < -0.4 is 14.8 Å². The molecular formula is C19H20F3NO4. The largest absolute Gasteiger partial charge is 0.491 e. The van der Waals surface area contributed by atoms with Gasteiger partial charge in [-0.25, -0.2) is 0 Å². The normalized spacial score (nSPS) is 12.3. The summed E-state index contributed by atoms with van der Waals surface area (Å²) in [5, 5.41) is 12.3. The first-order valence-electron chi connectivity index (χ1n) is 8.18. The number of hydrogen-bond acceptors (Lipinski definition) is 4. The Morgan fingerprint density at radius 1 is 1.11 bits per heavy atom. The van der Waals surface area contributed by atoms with Gasteiger partial charge in [0.25, 0.3) is 5.91 Å². The molecule has 1 unspecified atom stereocenters. The van der Waals surface area contributed by atoms with Gasteiger partial charge >= 0.3 is 6.18 Å². The zero-order valence-corrected chi connectivity index (χ0v) is 14.6. The van der Waals surface area contributed by atoms with Gasteiger partial charge in [-0.1, -0.05) is 18.2 Å². The summed E-state index contributed by atoms with van der Waals surface area (Å²) < 4.78 is 48.4. The number of aliphatic hydroxyl groups is 1. The smallest absolute Gasteiger partial charge is 0.416 e. The highest BCUT2D eigenvalue weighted by Crippen LogP contribution is 2.31. The number of benzene rings is 2. The van der Waals surface area contributed by atoms with Crippen molar-refractivity contribution in [2.45, 2.75) is 19.2 Å². The van der Waals surface area contributed by atoms with Crippen LogP contribution in [-0.4, -0.2) is 36.9 Å². The first-order chi connectivity index (χ1) is 12.7. The van der Waals surface area contributed by atoms with E-state index < -0.39 is 23.8 Å². The monoisotopic (exact) mass is 383 g/mol. The average molecular weight is 383 g/mol.